The Labute approximate surface area is 337 Å². The minimum atomic E-state index is -1.63. The number of carboxylic acids is 1. The normalized spacial score (nSPS) is 13.3. The fourth-order valence-corrected chi connectivity index (χ4v) is 5.96. The Hall–Kier alpha value is -2.49. The summed E-state index contributed by atoms with van der Waals surface area (Å²) in [7, 11) is 5.89. The molecule has 0 aliphatic carbocycles. The first kappa shape index (κ1) is 52.5. The van der Waals surface area contributed by atoms with Crippen LogP contribution in [0.5, 0.6) is 0 Å². The second-order valence-electron chi connectivity index (χ2n) is 16.0. The molecule has 9 heteroatoms. The molecular weight excluding hydrogens is 695 g/mol. The van der Waals surface area contributed by atoms with Crippen LogP contribution in [0, 0.1) is 0 Å². The van der Waals surface area contributed by atoms with E-state index in [4.69, 9.17) is 18.9 Å². The summed E-state index contributed by atoms with van der Waals surface area (Å²) in [6.07, 6.45) is 38.9. The van der Waals surface area contributed by atoms with E-state index in [0.717, 1.165) is 57.8 Å². The highest BCUT2D eigenvalue weighted by Gasteiger charge is 2.21. The zero-order valence-corrected chi connectivity index (χ0v) is 36.0. The van der Waals surface area contributed by atoms with Crippen LogP contribution < -0.4 is 5.11 Å². The molecule has 0 radical (unpaired) electrons. The van der Waals surface area contributed by atoms with E-state index < -0.39 is 24.3 Å². The molecule has 0 rings (SSSR count). The van der Waals surface area contributed by atoms with Crippen LogP contribution in [0.15, 0.2) is 36.5 Å². The number of esters is 2. The third kappa shape index (κ3) is 39.5. The molecule has 0 spiro atoms. The summed E-state index contributed by atoms with van der Waals surface area (Å²) in [6, 6.07) is 0. The summed E-state index contributed by atoms with van der Waals surface area (Å²) in [5.74, 6) is -2.32. The fraction of sp³-hybridized carbons (Fsp3) is 0.804. The predicted molar refractivity (Wildman–Crippen MR) is 223 cm³/mol. The van der Waals surface area contributed by atoms with Crippen molar-refractivity contribution in [1.29, 1.82) is 0 Å². The van der Waals surface area contributed by atoms with Crippen molar-refractivity contribution in [3.05, 3.63) is 36.5 Å². The molecule has 0 aliphatic rings. The minimum Gasteiger partial charge on any atom is -0.545 e. The first-order chi connectivity index (χ1) is 26.6. The number of carbonyl (C=O) groups excluding carboxylic acids is 3. The van der Waals surface area contributed by atoms with Gasteiger partial charge in [-0.2, -0.15) is 0 Å². The Kier molecular flexibility index (Phi) is 36.6. The Bertz CT molecular complexity index is 1000. The zero-order chi connectivity index (χ0) is 40.7. The topological polar surface area (TPSA) is 111 Å². The quantitative estimate of drug-likeness (QED) is 0.0199. The first-order valence-electron chi connectivity index (χ1n) is 22.1. The predicted octanol–water partition coefficient (Wildman–Crippen LogP) is 10.1. The molecular formula is C46H83NO8. The largest absolute Gasteiger partial charge is 0.545 e. The molecule has 0 amide bonds. The molecule has 0 fully saturated rings. The summed E-state index contributed by atoms with van der Waals surface area (Å²) in [5.41, 5.74) is 0. The van der Waals surface area contributed by atoms with E-state index in [1.54, 1.807) is 0 Å². The highest BCUT2D eigenvalue weighted by Crippen LogP contribution is 2.15. The van der Waals surface area contributed by atoms with Crippen LogP contribution >= 0.6 is 0 Å². The zero-order valence-electron chi connectivity index (χ0n) is 36.0. The van der Waals surface area contributed by atoms with Crippen molar-refractivity contribution in [2.75, 3.05) is 47.5 Å². The molecule has 320 valence electrons. The molecule has 0 aromatic carbocycles. The minimum absolute atomic E-state index is 0.142. The average Bonchev–Trinajstić information content (AvgIpc) is 3.14. The van der Waals surface area contributed by atoms with E-state index in [2.05, 4.69) is 50.3 Å². The van der Waals surface area contributed by atoms with Crippen molar-refractivity contribution in [2.24, 2.45) is 0 Å². The number of likely N-dealkylation sites (N-methyl/N-ethyl adjacent to an activating group) is 1. The molecule has 0 saturated heterocycles. The van der Waals surface area contributed by atoms with Gasteiger partial charge in [0.15, 0.2) is 12.4 Å². The first-order valence-corrected chi connectivity index (χ1v) is 22.1. The van der Waals surface area contributed by atoms with Crippen LogP contribution in [0.2, 0.25) is 0 Å². The second-order valence-corrected chi connectivity index (χ2v) is 16.0. The summed E-state index contributed by atoms with van der Waals surface area (Å²) in [5, 5.41) is 11.7. The van der Waals surface area contributed by atoms with Gasteiger partial charge >= 0.3 is 11.9 Å². The fourth-order valence-electron chi connectivity index (χ4n) is 5.96. The number of quaternary nitrogens is 1. The highest BCUT2D eigenvalue weighted by atomic mass is 16.7. The van der Waals surface area contributed by atoms with Crippen molar-refractivity contribution in [1.82, 2.24) is 0 Å². The Morgan fingerprint density at radius 3 is 1.55 bits per heavy atom. The van der Waals surface area contributed by atoms with E-state index in [1.807, 2.05) is 21.1 Å². The van der Waals surface area contributed by atoms with Gasteiger partial charge in [0.2, 0.25) is 0 Å². The van der Waals surface area contributed by atoms with E-state index in [-0.39, 0.29) is 38.6 Å². The number of rotatable bonds is 40. The van der Waals surface area contributed by atoms with Crippen molar-refractivity contribution >= 4 is 17.9 Å². The van der Waals surface area contributed by atoms with Crippen LogP contribution in [-0.4, -0.2) is 82.3 Å². The van der Waals surface area contributed by atoms with E-state index >= 15 is 0 Å². The number of carbonyl (C=O) groups is 3. The standard InChI is InChI=1S/C46H83NO8/c1-6-8-10-12-14-16-18-20-21-22-23-25-26-28-30-32-34-36-43(48)53-40-42(41-54-46(45(50)51)52-39-38-47(3,4)5)55-44(49)37-35-33-31-29-27-24-19-17-15-13-11-9-7-2/h9,11,15,17,24,27,42,46H,6-8,10,12-14,16,18-23,25-26,28-41H2,1-5H3/b11-9-,17-15-,27-24-. The molecule has 0 heterocycles. The Morgan fingerprint density at radius 2 is 1.04 bits per heavy atom. The molecule has 0 aromatic heterocycles. The number of hydrogen-bond acceptors (Lipinski definition) is 8. The van der Waals surface area contributed by atoms with Crippen molar-refractivity contribution in [2.45, 2.75) is 193 Å². The maximum atomic E-state index is 12.7. The van der Waals surface area contributed by atoms with Crippen LogP contribution in [0.4, 0.5) is 0 Å². The average molecular weight is 778 g/mol. The molecule has 2 unspecified atom stereocenters. The van der Waals surface area contributed by atoms with Gasteiger partial charge in [-0.15, -0.1) is 0 Å². The third-order valence-electron chi connectivity index (χ3n) is 9.40. The molecule has 55 heavy (non-hydrogen) atoms. The van der Waals surface area contributed by atoms with Gasteiger partial charge in [-0.25, -0.2) is 0 Å². The summed E-state index contributed by atoms with van der Waals surface area (Å²) in [6.45, 7) is 4.59. The lowest BCUT2D eigenvalue weighted by atomic mass is 10.0. The highest BCUT2D eigenvalue weighted by molar-refractivity contribution is 5.70. The lowest BCUT2D eigenvalue weighted by Gasteiger charge is -2.26. The molecule has 0 N–H and O–H groups in total. The smallest absolute Gasteiger partial charge is 0.306 e. The Balaban J connectivity index is 4.44. The number of carboxylic acid groups (broad SMARTS) is 1. The van der Waals surface area contributed by atoms with Crippen LogP contribution in [0.1, 0.15) is 181 Å². The molecule has 0 bridgehead atoms. The third-order valence-corrected chi connectivity index (χ3v) is 9.40. The van der Waals surface area contributed by atoms with Crippen LogP contribution in [0.25, 0.3) is 0 Å². The van der Waals surface area contributed by atoms with Crippen molar-refractivity contribution < 1.29 is 42.9 Å². The molecule has 2 atom stereocenters. The number of ether oxygens (including phenoxy) is 4. The lowest BCUT2D eigenvalue weighted by Crippen LogP contribution is -2.44. The number of allylic oxidation sites excluding steroid dienone is 6. The monoisotopic (exact) mass is 778 g/mol. The van der Waals surface area contributed by atoms with Gasteiger partial charge in [-0.3, -0.25) is 9.59 Å². The number of unbranched alkanes of at least 4 members (excludes halogenated alkanes) is 19. The molecule has 0 aromatic rings. The van der Waals surface area contributed by atoms with Crippen LogP contribution in [0.3, 0.4) is 0 Å². The van der Waals surface area contributed by atoms with Gasteiger partial charge < -0.3 is 33.3 Å². The van der Waals surface area contributed by atoms with Gasteiger partial charge in [-0.05, 0) is 44.9 Å². The second kappa shape index (κ2) is 38.4. The van der Waals surface area contributed by atoms with E-state index in [1.165, 1.54) is 89.9 Å². The summed E-state index contributed by atoms with van der Waals surface area (Å²) >= 11 is 0. The number of aliphatic carboxylic acids is 1. The maximum Gasteiger partial charge on any atom is 0.306 e. The van der Waals surface area contributed by atoms with Gasteiger partial charge in [-0.1, -0.05) is 159 Å². The van der Waals surface area contributed by atoms with Gasteiger partial charge in [0.1, 0.15) is 13.2 Å². The summed E-state index contributed by atoms with van der Waals surface area (Å²) < 4.78 is 22.5. The molecule has 9 nitrogen and oxygen atoms in total. The van der Waals surface area contributed by atoms with Gasteiger partial charge in [0.05, 0.1) is 40.3 Å². The van der Waals surface area contributed by atoms with E-state index in [0.29, 0.717) is 17.4 Å². The van der Waals surface area contributed by atoms with Crippen molar-refractivity contribution in [3.8, 4) is 0 Å². The van der Waals surface area contributed by atoms with Crippen LogP contribution in [-0.2, 0) is 33.3 Å². The SMILES string of the molecule is CC/C=C\C/C=C\C/C=C\CCCCCC(=O)OC(COC(=O)CCCCCCCCCCCCCCCCCCC)COC(OCC[N+](C)(C)C)C(=O)[O-]. The van der Waals surface area contributed by atoms with Gasteiger partial charge in [0, 0.05) is 12.8 Å². The Morgan fingerprint density at radius 1 is 0.564 bits per heavy atom. The maximum absolute atomic E-state index is 12.7. The number of hydrogen-bond donors (Lipinski definition) is 0. The van der Waals surface area contributed by atoms with Gasteiger partial charge in [0.25, 0.3) is 0 Å². The molecule has 0 aliphatic heterocycles. The molecule has 0 saturated carbocycles. The number of nitrogens with zero attached hydrogens (tertiary/aromatic N) is 1. The van der Waals surface area contributed by atoms with Crippen molar-refractivity contribution in [3.63, 3.8) is 0 Å². The van der Waals surface area contributed by atoms with E-state index in [9.17, 15) is 19.5 Å². The lowest BCUT2D eigenvalue weighted by molar-refractivity contribution is -0.870. The summed E-state index contributed by atoms with van der Waals surface area (Å²) in [4.78, 5) is 36.9.